The van der Waals surface area contributed by atoms with Crippen LogP contribution >= 0.6 is 0 Å². The lowest BCUT2D eigenvalue weighted by Gasteiger charge is -2.32. The van der Waals surface area contributed by atoms with Gasteiger partial charge >= 0.3 is 5.97 Å². The van der Waals surface area contributed by atoms with Gasteiger partial charge in [0.25, 0.3) is 0 Å². The molecule has 2 aromatic rings. The molecular formula is C25H33N3O3. The van der Waals surface area contributed by atoms with Gasteiger partial charge in [0.15, 0.2) is 0 Å². The number of amidine groups is 1. The number of amides is 1. The van der Waals surface area contributed by atoms with Gasteiger partial charge in [-0.1, -0.05) is 75.7 Å². The van der Waals surface area contributed by atoms with Crippen molar-refractivity contribution in [2.45, 2.75) is 52.6 Å². The van der Waals surface area contributed by atoms with Crippen LogP contribution in [0.2, 0.25) is 0 Å². The van der Waals surface area contributed by atoms with E-state index in [1.807, 2.05) is 69.3 Å². The van der Waals surface area contributed by atoms with E-state index in [1.165, 1.54) is 7.11 Å². The fourth-order valence-electron chi connectivity index (χ4n) is 3.65. The van der Waals surface area contributed by atoms with Gasteiger partial charge in [0.05, 0.1) is 7.11 Å². The van der Waals surface area contributed by atoms with Gasteiger partial charge in [0, 0.05) is 18.5 Å². The quantitative estimate of drug-likeness (QED) is 0.337. The SMILES string of the molecule is CCCCC(=O)N(Cc1ccc(-c2ccccc2C(=N)N)cc1)[C@H](C(=O)OC)C(C)C. The zero-order chi connectivity index (χ0) is 23.0. The molecule has 0 saturated carbocycles. The second-order valence-corrected chi connectivity index (χ2v) is 7.99. The van der Waals surface area contributed by atoms with Crippen LogP contribution in [-0.2, 0) is 20.9 Å². The lowest BCUT2D eigenvalue weighted by molar-refractivity contribution is -0.155. The number of unbranched alkanes of at least 4 members (excludes halogenated alkanes) is 1. The van der Waals surface area contributed by atoms with E-state index < -0.39 is 12.0 Å². The molecule has 2 rings (SSSR count). The van der Waals surface area contributed by atoms with Gasteiger partial charge in [-0.2, -0.15) is 0 Å². The predicted molar refractivity (Wildman–Crippen MR) is 124 cm³/mol. The molecule has 0 fully saturated rings. The highest BCUT2D eigenvalue weighted by molar-refractivity contribution is 6.01. The Kier molecular flexibility index (Phi) is 8.79. The molecule has 0 unspecified atom stereocenters. The van der Waals surface area contributed by atoms with Crippen molar-refractivity contribution in [1.29, 1.82) is 5.41 Å². The Bertz CT molecular complexity index is 906. The van der Waals surface area contributed by atoms with Crippen molar-refractivity contribution in [2.75, 3.05) is 7.11 Å². The number of ether oxygens (including phenoxy) is 1. The number of hydrogen-bond acceptors (Lipinski definition) is 4. The van der Waals surface area contributed by atoms with E-state index in [0.29, 0.717) is 18.5 Å². The summed E-state index contributed by atoms with van der Waals surface area (Å²) in [6.45, 7) is 6.21. The first kappa shape index (κ1) is 24.1. The Morgan fingerprint density at radius 2 is 1.74 bits per heavy atom. The fourth-order valence-corrected chi connectivity index (χ4v) is 3.65. The summed E-state index contributed by atoms with van der Waals surface area (Å²) >= 11 is 0. The Hall–Kier alpha value is -3.15. The molecule has 31 heavy (non-hydrogen) atoms. The predicted octanol–water partition coefficient (Wildman–Crippen LogP) is 4.35. The topological polar surface area (TPSA) is 96.5 Å². The smallest absolute Gasteiger partial charge is 0.328 e. The maximum Gasteiger partial charge on any atom is 0.328 e. The first-order valence-electron chi connectivity index (χ1n) is 10.7. The lowest BCUT2D eigenvalue weighted by atomic mass is 9.97. The normalized spacial score (nSPS) is 11.8. The molecule has 0 aliphatic carbocycles. The van der Waals surface area contributed by atoms with Gasteiger partial charge in [-0.25, -0.2) is 4.79 Å². The third-order valence-electron chi connectivity index (χ3n) is 5.31. The average Bonchev–Trinajstić information content (AvgIpc) is 2.77. The third kappa shape index (κ3) is 6.17. The molecule has 6 heteroatoms. The number of hydrogen-bond donors (Lipinski definition) is 2. The number of nitrogens with one attached hydrogen (secondary N) is 1. The molecule has 1 amide bonds. The summed E-state index contributed by atoms with van der Waals surface area (Å²) in [6.07, 6.45) is 2.09. The Morgan fingerprint density at radius 1 is 1.10 bits per heavy atom. The number of nitrogens with zero attached hydrogens (tertiary/aromatic N) is 1. The highest BCUT2D eigenvalue weighted by Crippen LogP contribution is 2.25. The van der Waals surface area contributed by atoms with Crippen LogP contribution in [0.15, 0.2) is 48.5 Å². The molecule has 0 saturated heterocycles. The van der Waals surface area contributed by atoms with Crippen molar-refractivity contribution < 1.29 is 14.3 Å². The molecule has 2 aromatic carbocycles. The third-order valence-corrected chi connectivity index (χ3v) is 5.31. The summed E-state index contributed by atoms with van der Waals surface area (Å²) in [5.41, 5.74) is 9.14. The van der Waals surface area contributed by atoms with Crippen LogP contribution in [0.3, 0.4) is 0 Å². The van der Waals surface area contributed by atoms with Gasteiger partial charge in [-0.3, -0.25) is 10.2 Å². The van der Waals surface area contributed by atoms with Crippen LogP contribution in [0.4, 0.5) is 0 Å². The van der Waals surface area contributed by atoms with Crippen LogP contribution in [0, 0.1) is 11.3 Å². The van der Waals surface area contributed by atoms with Crippen molar-refractivity contribution in [1.82, 2.24) is 4.90 Å². The summed E-state index contributed by atoms with van der Waals surface area (Å²) in [4.78, 5) is 27.1. The first-order valence-corrected chi connectivity index (χ1v) is 10.7. The zero-order valence-electron chi connectivity index (χ0n) is 18.9. The molecule has 0 aromatic heterocycles. The Morgan fingerprint density at radius 3 is 2.29 bits per heavy atom. The number of carbonyl (C=O) groups is 2. The minimum absolute atomic E-state index is 0.0187. The van der Waals surface area contributed by atoms with Crippen LogP contribution in [0.1, 0.15) is 51.2 Å². The van der Waals surface area contributed by atoms with Crippen molar-refractivity contribution >= 4 is 17.7 Å². The van der Waals surface area contributed by atoms with Gasteiger partial charge in [0.2, 0.25) is 5.91 Å². The molecule has 0 aliphatic heterocycles. The summed E-state index contributed by atoms with van der Waals surface area (Å²) < 4.78 is 4.99. The molecule has 0 spiro atoms. The van der Waals surface area contributed by atoms with Crippen LogP contribution in [0.25, 0.3) is 11.1 Å². The lowest BCUT2D eigenvalue weighted by Crippen LogP contribution is -2.48. The van der Waals surface area contributed by atoms with Crippen LogP contribution < -0.4 is 5.73 Å². The number of nitrogens with two attached hydrogens (primary N) is 1. The van der Waals surface area contributed by atoms with Gasteiger partial charge in [0.1, 0.15) is 11.9 Å². The minimum Gasteiger partial charge on any atom is -0.467 e. The molecule has 0 bridgehead atoms. The van der Waals surface area contributed by atoms with Crippen molar-refractivity contribution in [2.24, 2.45) is 11.7 Å². The van der Waals surface area contributed by atoms with E-state index in [0.717, 1.165) is 29.5 Å². The first-order chi connectivity index (χ1) is 14.8. The maximum atomic E-state index is 13.0. The molecule has 0 aliphatic rings. The largest absolute Gasteiger partial charge is 0.467 e. The van der Waals surface area contributed by atoms with E-state index in [4.69, 9.17) is 15.9 Å². The zero-order valence-corrected chi connectivity index (χ0v) is 18.9. The minimum atomic E-state index is -0.632. The molecule has 0 radical (unpaired) electrons. The Labute approximate surface area is 184 Å². The van der Waals surface area contributed by atoms with E-state index in [1.54, 1.807) is 4.90 Å². The van der Waals surface area contributed by atoms with Gasteiger partial charge in [-0.05, 0) is 29.0 Å². The van der Waals surface area contributed by atoms with Gasteiger partial charge < -0.3 is 15.4 Å². The number of benzene rings is 2. The van der Waals surface area contributed by atoms with Crippen molar-refractivity contribution in [3.63, 3.8) is 0 Å². The van der Waals surface area contributed by atoms with E-state index in [-0.39, 0.29) is 17.7 Å². The van der Waals surface area contributed by atoms with Crippen LogP contribution in [0.5, 0.6) is 0 Å². The summed E-state index contributed by atoms with van der Waals surface area (Å²) in [5, 5.41) is 7.80. The van der Waals surface area contributed by atoms with E-state index >= 15 is 0 Å². The standard InChI is InChI=1S/C25H33N3O3/c1-5-6-11-22(29)28(23(17(2)3)25(30)31-4)16-18-12-14-19(15-13-18)20-9-7-8-10-21(20)24(26)27/h7-10,12-15,17,23H,5-6,11,16H2,1-4H3,(H3,26,27)/t23-/m0/s1. The van der Waals surface area contributed by atoms with E-state index in [2.05, 4.69) is 0 Å². The molecule has 1 atom stereocenters. The number of nitrogen functional groups attached to an aromatic ring is 1. The highest BCUT2D eigenvalue weighted by Gasteiger charge is 2.33. The monoisotopic (exact) mass is 423 g/mol. The van der Waals surface area contributed by atoms with Crippen molar-refractivity contribution in [3.8, 4) is 11.1 Å². The Balaban J connectivity index is 2.33. The maximum absolute atomic E-state index is 13.0. The number of esters is 1. The molecule has 166 valence electrons. The molecule has 3 N–H and O–H groups in total. The van der Waals surface area contributed by atoms with Crippen LogP contribution in [-0.4, -0.2) is 35.8 Å². The molecule has 0 heterocycles. The molecule has 6 nitrogen and oxygen atoms in total. The second-order valence-electron chi connectivity index (χ2n) is 7.99. The fraction of sp³-hybridized carbons (Fsp3) is 0.400. The summed E-state index contributed by atoms with van der Waals surface area (Å²) in [7, 11) is 1.35. The number of carbonyl (C=O) groups excluding carboxylic acids is 2. The number of methoxy groups -OCH3 is 1. The highest BCUT2D eigenvalue weighted by atomic mass is 16.5. The number of rotatable bonds is 10. The summed E-state index contributed by atoms with van der Waals surface area (Å²) in [6, 6.07) is 14.7. The summed E-state index contributed by atoms with van der Waals surface area (Å²) in [5.74, 6) is -0.492. The van der Waals surface area contributed by atoms with E-state index in [9.17, 15) is 9.59 Å². The molecular weight excluding hydrogens is 390 g/mol. The van der Waals surface area contributed by atoms with Gasteiger partial charge in [-0.15, -0.1) is 0 Å². The second kappa shape index (κ2) is 11.3. The average molecular weight is 424 g/mol. The van der Waals surface area contributed by atoms with Crippen molar-refractivity contribution in [3.05, 3.63) is 59.7 Å².